The highest BCUT2D eigenvalue weighted by Gasteiger charge is 2.23. The average Bonchev–Trinajstić information content (AvgIpc) is 2.42. The Kier molecular flexibility index (Phi) is 6.18. The minimum absolute atomic E-state index is 0.0335. The van der Waals surface area contributed by atoms with Crippen molar-refractivity contribution < 1.29 is 10.2 Å². The van der Waals surface area contributed by atoms with Crippen molar-refractivity contribution in [1.82, 2.24) is 5.32 Å². The molecule has 0 fully saturated rings. The third-order valence-corrected chi connectivity index (χ3v) is 4.41. The maximum Gasteiger partial charge on any atom is 0.0945 e. The van der Waals surface area contributed by atoms with E-state index >= 15 is 0 Å². The van der Waals surface area contributed by atoms with Crippen LogP contribution in [0.15, 0.2) is 6.07 Å². The SMILES string of the molecule is CCC(CO)NC(C)C(O)c1c(C)c(C)cc(C)c1C. The monoisotopic (exact) mass is 279 g/mol. The zero-order valence-corrected chi connectivity index (χ0v) is 13.6. The molecule has 0 aromatic heterocycles. The fourth-order valence-corrected chi connectivity index (χ4v) is 2.70. The molecule has 0 saturated heterocycles. The number of aliphatic hydroxyl groups excluding tert-OH is 2. The van der Waals surface area contributed by atoms with Crippen molar-refractivity contribution >= 4 is 0 Å². The van der Waals surface area contributed by atoms with Gasteiger partial charge in [-0.15, -0.1) is 0 Å². The summed E-state index contributed by atoms with van der Waals surface area (Å²) in [5.41, 5.74) is 5.76. The molecule has 0 aliphatic carbocycles. The molecule has 0 heterocycles. The molecule has 3 heteroatoms. The molecular weight excluding hydrogens is 250 g/mol. The molecule has 3 N–H and O–H groups in total. The largest absolute Gasteiger partial charge is 0.395 e. The van der Waals surface area contributed by atoms with Crippen LogP contribution in [-0.2, 0) is 0 Å². The molecule has 1 aromatic carbocycles. The van der Waals surface area contributed by atoms with E-state index in [0.717, 1.165) is 23.1 Å². The van der Waals surface area contributed by atoms with E-state index in [-0.39, 0.29) is 18.7 Å². The molecule has 20 heavy (non-hydrogen) atoms. The topological polar surface area (TPSA) is 52.5 Å². The van der Waals surface area contributed by atoms with Gasteiger partial charge in [-0.25, -0.2) is 0 Å². The Hall–Kier alpha value is -0.900. The lowest BCUT2D eigenvalue weighted by Gasteiger charge is -2.28. The first-order valence-electron chi connectivity index (χ1n) is 7.45. The number of hydrogen-bond donors (Lipinski definition) is 3. The van der Waals surface area contributed by atoms with Crippen LogP contribution in [0, 0.1) is 27.7 Å². The second-order valence-corrected chi connectivity index (χ2v) is 5.86. The van der Waals surface area contributed by atoms with Gasteiger partial charge in [0, 0.05) is 12.1 Å². The molecule has 0 amide bonds. The van der Waals surface area contributed by atoms with Crippen molar-refractivity contribution in [3.8, 4) is 0 Å². The molecule has 0 aliphatic heterocycles. The van der Waals surface area contributed by atoms with E-state index in [2.05, 4.69) is 39.1 Å². The van der Waals surface area contributed by atoms with Crippen LogP contribution in [-0.4, -0.2) is 28.9 Å². The van der Waals surface area contributed by atoms with Gasteiger partial charge in [-0.05, 0) is 68.9 Å². The average molecular weight is 279 g/mol. The van der Waals surface area contributed by atoms with Gasteiger partial charge < -0.3 is 15.5 Å². The van der Waals surface area contributed by atoms with Gasteiger partial charge in [0.05, 0.1) is 12.7 Å². The minimum atomic E-state index is -0.561. The van der Waals surface area contributed by atoms with Gasteiger partial charge >= 0.3 is 0 Å². The Balaban J connectivity index is 3.05. The van der Waals surface area contributed by atoms with Crippen LogP contribution < -0.4 is 5.32 Å². The highest BCUT2D eigenvalue weighted by atomic mass is 16.3. The Morgan fingerprint density at radius 1 is 1.10 bits per heavy atom. The molecular formula is C17H29NO2. The van der Waals surface area contributed by atoms with E-state index in [0.29, 0.717) is 0 Å². The van der Waals surface area contributed by atoms with Crippen molar-refractivity contribution in [2.75, 3.05) is 6.61 Å². The molecule has 3 unspecified atom stereocenters. The predicted octanol–water partition coefficient (Wildman–Crippen LogP) is 2.70. The zero-order valence-electron chi connectivity index (χ0n) is 13.6. The van der Waals surface area contributed by atoms with Crippen LogP contribution >= 0.6 is 0 Å². The fourth-order valence-electron chi connectivity index (χ4n) is 2.70. The summed E-state index contributed by atoms with van der Waals surface area (Å²) in [5.74, 6) is 0. The van der Waals surface area contributed by atoms with Crippen LogP contribution in [0.1, 0.15) is 54.2 Å². The summed E-state index contributed by atoms with van der Waals surface area (Å²) < 4.78 is 0. The maximum absolute atomic E-state index is 10.7. The Labute approximate surface area is 123 Å². The molecule has 0 spiro atoms. The molecule has 1 aromatic rings. The van der Waals surface area contributed by atoms with Gasteiger partial charge in [0.1, 0.15) is 0 Å². The lowest BCUT2D eigenvalue weighted by molar-refractivity contribution is 0.117. The summed E-state index contributed by atoms with van der Waals surface area (Å²) in [6.45, 7) is 12.4. The van der Waals surface area contributed by atoms with E-state index in [4.69, 9.17) is 0 Å². The van der Waals surface area contributed by atoms with Gasteiger partial charge in [-0.1, -0.05) is 13.0 Å². The van der Waals surface area contributed by atoms with Gasteiger partial charge in [-0.3, -0.25) is 0 Å². The minimum Gasteiger partial charge on any atom is -0.395 e. The highest BCUT2D eigenvalue weighted by molar-refractivity contribution is 5.45. The van der Waals surface area contributed by atoms with Crippen LogP contribution in [0.3, 0.4) is 0 Å². The normalized spacial score (nSPS) is 16.0. The Bertz CT molecular complexity index is 427. The Morgan fingerprint density at radius 2 is 1.60 bits per heavy atom. The zero-order chi connectivity index (χ0) is 15.4. The molecule has 3 nitrogen and oxygen atoms in total. The smallest absolute Gasteiger partial charge is 0.0945 e. The van der Waals surface area contributed by atoms with Crippen molar-refractivity contribution in [3.63, 3.8) is 0 Å². The van der Waals surface area contributed by atoms with Gasteiger partial charge in [-0.2, -0.15) is 0 Å². The van der Waals surface area contributed by atoms with Gasteiger partial charge in [0.25, 0.3) is 0 Å². The third kappa shape index (κ3) is 3.60. The first kappa shape index (κ1) is 17.2. The van der Waals surface area contributed by atoms with Crippen molar-refractivity contribution in [2.24, 2.45) is 0 Å². The van der Waals surface area contributed by atoms with Crippen LogP contribution in [0.4, 0.5) is 0 Å². The third-order valence-electron chi connectivity index (χ3n) is 4.41. The maximum atomic E-state index is 10.7. The second kappa shape index (κ2) is 7.21. The first-order valence-corrected chi connectivity index (χ1v) is 7.45. The molecule has 0 radical (unpaired) electrons. The van der Waals surface area contributed by atoms with Crippen molar-refractivity contribution in [1.29, 1.82) is 0 Å². The number of benzene rings is 1. The fraction of sp³-hybridized carbons (Fsp3) is 0.647. The second-order valence-electron chi connectivity index (χ2n) is 5.86. The van der Waals surface area contributed by atoms with Crippen LogP contribution in [0.2, 0.25) is 0 Å². The molecule has 0 bridgehead atoms. The van der Waals surface area contributed by atoms with E-state index < -0.39 is 6.10 Å². The summed E-state index contributed by atoms with van der Waals surface area (Å²) >= 11 is 0. The molecule has 114 valence electrons. The van der Waals surface area contributed by atoms with Gasteiger partial charge in [0.2, 0.25) is 0 Å². The molecule has 0 saturated carbocycles. The summed E-state index contributed by atoms with van der Waals surface area (Å²) in [6, 6.07) is 2.11. The molecule has 0 aliphatic rings. The number of nitrogens with one attached hydrogen (secondary N) is 1. The number of aliphatic hydroxyl groups is 2. The summed E-state index contributed by atoms with van der Waals surface area (Å²) in [4.78, 5) is 0. The summed E-state index contributed by atoms with van der Waals surface area (Å²) in [6.07, 6.45) is 0.285. The van der Waals surface area contributed by atoms with Crippen LogP contribution in [0.5, 0.6) is 0 Å². The van der Waals surface area contributed by atoms with E-state index in [1.54, 1.807) is 0 Å². The number of rotatable bonds is 6. The number of aryl methyl sites for hydroxylation is 2. The molecule has 1 rings (SSSR count). The van der Waals surface area contributed by atoms with Crippen molar-refractivity contribution in [2.45, 2.75) is 66.2 Å². The standard InChI is InChI=1S/C17H29NO2/c1-7-15(9-19)18-14(6)17(20)16-12(4)10(2)8-11(3)13(16)5/h8,14-15,17-20H,7,9H2,1-6H3. The summed E-state index contributed by atoms with van der Waals surface area (Å²) in [7, 11) is 0. The van der Waals surface area contributed by atoms with E-state index in [9.17, 15) is 10.2 Å². The van der Waals surface area contributed by atoms with Crippen LogP contribution in [0.25, 0.3) is 0 Å². The van der Waals surface area contributed by atoms with Crippen molar-refractivity contribution in [3.05, 3.63) is 33.9 Å². The Morgan fingerprint density at radius 3 is 2.00 bits per heavy atom. The predicted molar refractivity (Wildman–Crippen MR) is 84.1 cm³/mol. The lowest BCUT2D eigenvalue weighted by Crippen LogP contribution is -2.42. The lowest BCUT2D eigenvalue weighted by atomic mass is 9.88. The van der Waals surface area contributed by atoms with Gasteiger partial charge in [0.15, 0.2) is 0 Å². The summed E-state index contributed by atoms with van der Waals surface area (Å²) in [5, 5.41) is 23.3. The number of hydrogen-bond acceptors (Lipinski definition) is 3. The first-order chi connectivity index (χ1) is 9.33. The quantitative estimate of drug-likeness (QED) is 0.750. The highest BCUT2D eigenvalue weighted by Crippen LogP contribution is 2.29. The van der Waals surface area contributed by atoms with E-state index in [1.807, 2.05) is 13.8 Å². The molecule has 3 atom stereocenters. The van der Waals surface area contributed by atoms with E-state index in [1.165, 1.54) is 11.1 Å².